The molecule has 1 aliphatic rings. The Morgan fingerprint density at radius 1 is 1.22 bits per heavy atom. The summed E-state index contributed by atoms with van der Waals surface area (Å²) in [5.74, 6) is 2.05. The quantitative estimate of drug-likeness (QED) is 0.890. The summed E-state index contributed by atoms with van der Waals surface area (Å²) in [7, 11) is 3.31. The predicted octanol–water partition coefficient (Wildman–Crippen LogP) is 2.13. The van der Waals surface area contributed by atoms with Crippen molar-refractivity contribution < 1.29 is 14.2 Å². The Kier molecular flexibility index (Phi) is 4.44. The molecule has 1 fully saturated rings. The van der Waals surface area contributed by atoms with Crippen molar-refractivity contribution in [3.8, 4) is 11.5 Å². The van der Waals surface area contributed by atoms with Gasteiger partial charge < -0.3 is 19.9 Å². The molecule has 0 bridgehead atoms. The summed E-state index contributed by atoms with van der Waals surface area (Å²) >= 11 is 0. The fourth-order valence-electron chi connectivity index (χ4n) is 2.42. The highest BCUT2D eigenvalue weighted by Gasteiger charge is 2.24. The monoisotopic (exact) mass is 251 g/mol. The zero-order valence-corrected chi connectivity index (χ0v) is 11.0. The van der Waals surface area contributed by atoms with E-state index in [2.05, 4.69) is 0 Å². The summed E-state index contributed by atoms with van der Waals surface area (Å²) in [5, 5.41) is 0. The van der Waals surface area contributed by atoms with Crippen LogP contribution in [-0.2, 0) is 4.74 Å². The van der Waals surface area contributed by atoms with Crippen molar-refractivity contribution >= 4 is 0 Å². The highest BCUT2D eigenvalue weighted by Crippen LogP contribution is 2.35. The first-order valence-corrected chi connectivity index (χ1v) is 6.31. The van der Waals surface area contributed by atoms with Crippen molar-refractivity contribution in [2.45, 2.75) is 18.9 Å². The van der Waals surface area contributed by atoms with Gasteiger partial charge in [0.25, 0.3) is 0 Å². The topological polar surface area (TPSA) is 53.7 Å². The maximum atomic E-state index is 6.36. The summed E-state index contributed by atoms with van der Waals surface area (Å²) in [6.07, 6.45) is 2.02. The third-order valence-corrected chi connectivity index (χ3v) is 3.57. The van der Waals surface area contributed by atoms with Gasteiger partial charge in [-0.2, -0.15) is 0 Å². The average Bonchev–Trinajstić information content (AvgIpc) is 2.46. The van der Waals surface area contributed by atoms with E-state index in [1.165, 1.54) is 0 Å². The molecule has 2 N–H and O–H groups in total. The number of nitrogens with two attached hydrogens (primary N) is 1. The van der Waals surface area contributed by atoms with Crippen LogP contribution in [0.1, 0.15) is 24.4 Å². The SMILES string of the molecule is COc1ccc([C@@H](N)C2CCOCC2)c(OC)c1. The van der Waals surface area contributed by atoms with E-state index in [1.807, 2.05) is 18.2 Å². The maximum absolute atomic E-state index is 6.36. The van der Waals surface area contributed by atoms with Gasteiger partial charge in [-0.15, -0.1) is 0 Å². The second-order valence-electron chi connectivity index (χ2n) is 4.58. The summed E-state index contributed by atoms with van der Waals surface area (Å²) in [4.78, 5) is 0. The molecule has 1 aromatic rings. The molecule has 100 valence electrons. The molecule has 0 aliphatic carbocycles. The lowest BCUT2D eigenvalue weighted by molar-refractivity contribution is 0.0581. The van der Waals surface area contributed by atoms with Crippen LogP contribution in [0.25, 0.3) is 0 Å². The third kappa shape index (κ3) is 2.76. The zero-order valence-electron chi connectivity index (χ0n) is 11.0. The van der Waals surface area contributed by atoms with Gasteiger partial charge in [-0.1, -0.05) is 6.07 Å². The van der Waals surface area contributed by atoms with Crippen LogP contribution in [0.15, 0.2) is 18.2 Å². The van der Waals surface area contributed by atoms with E-state index in [9.17, 15) is 0 Å². The molecule has 0 spiro atoms. The highest BCUT2D eigenvalue weighted by atomic mass is 16.5. The lowest BCUT2D eigenvalue weighted by Gasteiger charge is -2.28. The van der Waals surface area contributed by atoms with Crippen LogP contribution in [-0.4, -0.2) is 27.4 Å². The van der Waals surface area contributed by atoms with Gasteiger partial charge in [0.2, 0.25) is 0 Å². The molecule has 4 heteroatoms. The van der Waals surface area contributed by atoms with Gasteiger partial charge in [-0.25, -0.2) is 0 Å². The number of hydrogen-bond acceptors (Lipinski definition) is 4. The number of rotatable bonds is 4. The van der Waals surface area contributed by atoms with Crippen LogP contribution < -0.4 is 15.2 Å². The van der Waals surface area contributed by atoms with Gasteiger partial charge in [0.05, 0.1) is 14.2 Å². The lowest BCUT2D eigenvalue weighted by atomic mass is 9.87. The van der Waals surface area contributed by atoms with Crippen LogP contribution in [0, 0.1) is 5.92 Å². The molecule has 4 nitrogen and oxygen atoms in total. The van der Waals surface area contributed by atoms with Gasteiger partial charge in [-0.3, -0.25) is 0 Å². The van der Waals surface area contributed by atoms with Crippen molar-refractivity contribution in [2.75, 3.05) is 27.4 Å². The molecule has 0 saturated carbocycles. The van der Waals surface area contributed by atoms with Crippen LogP contribution >= 0.6 is 0 Å². The lowest BCUT2D eigenvalue weighted by Crippen LogP contribution is -2.27. The normalized spacial score (nSPS) is 18.4. The largest absolute Gasteiger partial charge is 0.497 e. The Labute approximate surface area is 108 Å². The minimum Gasteiger partial charge on any atom is -0.497 e. The Balaban J connectivity index is 2.20. The minimum atomic E-state index is -0.00486. The van der Waals surface area contributed by atoms with E-state index in [0.717, 1.165) is 43.1 Å². The molecule has 18 heavy (non-hydrogen) atoms. The third-order valence-electron chi connectivity index (χ3n) is 3.57. The minimum absolute atomic E-state index is 0.00486. The molecule has 0 amide bonds. The Morgan fingerprint density at radius 3 is 2.56 bits per heavy atom. The second-order valence-corrected chi connectivity index (χ2v) is 4.58. The molecule has 1 saturated heterocycles. The van der Waals surface area contributed by atoms with Crippen LogP contribution in [0.4, 0.5) is 0 Å². The smallest absolute Gasteiger partial charge is 0.127 e. The molecular weight excluding hydrogens is 230 g/mol. The predicted molar refractivity (Wildman–Crippen MR) is 70.0 cm³/mol. The van der Waals surface area contributed by atoms with Crippen molar-refractivity contribution in [1.82, 2.24) is 0 Å². The first-order valence-electron chi connectivity index (χ1n) is 6.31. The molecule has 0 aromatic heterocycles. The number of ether oxygens (including phenoxy) is 3. The number of benzene rings is 1. The second kappa shape index (κ2) is 6.07. The molecular formula is C14H21NO3. The highest BCUT2D eigenvalue weighted by molar-refractivity contribution is 5.42. The molecule has 2 rings (SSSR count). The Morgan fingerprint density at radius 2 is 1.94 bits per heavy atom. The average molecular weight is 251 g/mol. The van der Waals surface area contributed by atoms with Gasteiger partial charge in [-0.05, 0) is 24.8 Å². The van der Waals surface area contributed by atoms with E-state index in [1.54, 1.807) is 14.2 Å². The van der Waals surface area contributed by atoms with Crippen molar-refractivity contribution in [1.29, 1.82) is 0 Å². The summed E-state index contributed by atoms with van der Waals surface area (Å²) in [5.41, 5.74) is 7.41. The fourth-order valence-corrected chi connectivity index (χ4v) is 2.42. The molecule has 0 radical (unpaired) electrons. The van der Waals surface area contributed by atoms with Gasteiger partial charge >= 0.3 is 0 Å². The van der Waals surface area contributed by atoms with E-state index < -0.39 is 0 Å². The molecule has 0 unspecified atom stereocenters. The van der Waals surface area contributed by atoms with E-state index in [-0.39, 0.29) is 6.04 Å². The van der Waals surface area contributed by atoms with Crippen molar-refractivity contribution in [3.05, 3.63) is 23.8 Å². The summed E-state index contributed by atoms with van der Waals surface area (Å²) in [6, 6.07) is 5.80. The summed E-state index contributed by atoms with van der Waals surface area (Å²) in [6.45, 7) is 1.60. The van der Waals surface area contributed by atoms with Crippen LogP contribution in [0.2, 0.25) is 0 Å². The van der Waals surface area contributed by atoms with Crippen LogP contribution in [0.3, 0.4) is 0 Å². The van der Waals surface area contributed by atoms with E-state index in [0.29, 0.717) is 5.92 Å². The zero-order chi connectivity index (χ0) is 13.0. The molecule has 1 aromatic carbocycles. The number of hydrogen-bond donors (Lipinski definition) is 1. The van der Waals surface area contributed by atoms with Crippen LogP contribution in [0.5, 0.6) is 11.5 Å². The van der Waals surface area contributed by atoms with Gasteiger partial charge in [0.1, 0.15) is 11.5 Å². The molecule has 1 heterocycles. The maximum Gasteiger partial charge on any atom is 0.127 e. The van der Waals surface area contributed by atoms with Gasteiger partial charge in [0, 0.05) is 30.9 Å². The van der Waals surface area contributed by atoms with Gasteiger partial charge in [0.15, 0.2) is 0 Å². The molecule has 1 atom stereocenters. The first-order chi connectivity index (χ1) is 8.76. The Bertz CT molecular complexity index is 389. The number of methoxy groups -OCH3 is 2. The van der Waals surface area contributed by atoms with Crippen molar-refractivity contribution in [3.63, 3.8) is 0 Å². The first kappa shape index (κ1) is 13.2. The van der Waals surface area contributed by atoms with Crippen molar-refractivity contribution in [2.24, 2.45) is 11.7 Å². The Hall–Kier alpha value is -1.26. The standard InChI is InChI=1S/C14H21NO3/c1-16-11-3-4-12(13(9-11)17-2)14(15)10-5-7-18-8-6-10/h3-4,9-10,14H,5-8,15H2,1-2H3/t14-/m0/s1. The fraction of sp³-hybridized carbons (Fsp3) is 0.571. The van der Waals surface area contributed by atoms with E-state index in [4.69, 9.17) is 19.9 Å². The summed E-state index contributed by atoms with van der Waals surface area (Å²) < 4.78 is 16.0. The van der Waals surface area contributed by atoms with E-state index >= 15 is 0 Å². The molecule has 1 aliphatic heterocycles.